The predicted octanol–water partition coefficient (Wildman–Crippen LogP) is 3.87. The van der Waals surface area contributed by atoms with E-state index < -0.39 is 21.8 Å². The van der Waals surface area contributed by atoms with Gasteiger partial charge >= 0.3 is 0 Å². The quantitative estimate of drug-likeness (QED) is 0.425. The number of hydrogen-bond acceptors (Lipinski definition) is 6. The number of nitrogens with zero attached hydrogens (tertiary/aromatic N) is 3. The second-order valence-electron chi connectivity index (χ2n) is 8.08. The molecule has 0 radical (unpaired) electrons. The van der Waals surface area contributed by atoms with Crippen molar-refractivity contribution in [3.63, 3.8) is 0 Å². The van der Waals surface area contributed by atoms with Crippen LogP contribution in [-0.4, -0.2) is 46.5 Å². The molecule has 11 heteroatoms. The van der Waals surface area contributed by atoms with E-state index in [1.54, 1.807) is 24.4 Å². The molecule has 0 spiro atoms. The van der Waals surface area contributed by atoms with Gasteiger partial charge in [-0.05, 0) is 24.6 Å². The summed E-state index contributed by atoms with van der Waals surface area (Å²) in [6.45, 7) is 0. The van der Waals surface area contributed by atoms with Gasteiger partial charge in [-0.3, -0.25) is 4.79 Å². The number of amides is 1. The van der Waals surface area contributed by atoms with Gasteiger partial charge in [-0.2, -0.15) is 0 Å². The van der Waals surface area contributed by atoms with Crippen molar-refractivity contribution in [2.24, 2.45) is 0 Å². The Hall–Kier alpha value is -3.14. The molecule has 1 saturated heterocycles. The summed E-state index contributed by atoms with van der Waals surface area (Å²) < 4.78 is 25.1. The number of nitrogen functional groups attached to an aromatic ring is 1. The molecule has 0 bridgehead atoms. The fourth-order valence-corrected chi connectivity index (χ4v) is 6.19. The first-order chi connectivity index (χ1) is 16.2. The van der Waals surface area contributed by atoms with Crippen molar-refractivity contribution in [2.75, 3.05) is 17.2 Å². The first-order valence-electron chi connectivity index (χ1n) is 10.4. The molecule has 4 aromatic rings. The largest absolute Gasteiger partial charge is 0.381 e. The lowest BCUT2D eigenvalue weighted by Gasteiger charge is -2.14. The molecule has 8 nitrogen and oxygen atoms in total. The van der Waals surface area contributed by atoms with Gasteiger partial charge in [-0.1, -0.05) is 53.5 Å². The highest BCUT2D eigenvalue weighted by Crippen LogP contribution is 2.37. The monoisotopic (exact) mass is 515 g/mol. The Morgan fingerprint density at radius 3 is 2.50 bits per heavy atom. The smallest absolute Gasteiger partial charge is 0.259 e. The SMILES string of the molecule is Nc1nn2c(-c3ccc(Cl)cc3)c(-c3ccccc3Cl)cnc2c1C(=O)N[C@@H]1CCS(=O)(=O)C1. The number of carbonyl (C=O) groups excluding carboxylic acids is 1. The maximum absolute atomic E-state index is 13.1. The van der Waals surface area contributed by atoms with Crippen LogP contribution in [0, 0.1) is 0 Å². The first kappa shape index (κ1) is 22.6. The van der Waals surface area contributed by atoms with Crippen molar-refractivity contribution in [1.82, 2.24) is 19.9 Å². The fourth-order valence-electron chi connectivity index (χ4n) is 4.15. The van der Waals surface area contributed by atoms with Gasteiger partial charge in [0.05, 0.1) is 17.2 Å². The van der Waals surface area contributed by atoms with Gasteiger partial charge < -0.3 is 11.1 Å². The predicted molar refractivity (Wildman–Crippen MR) is 133 cm³/mol. The number of halogens is 2. The van der Waals surface area contributed by atoms with Crippen LogP contribution >= 0.6 is 23.2 Å². The van der Waals surface area contributed by atoms with Gasteiger partial charge in [0.1, 0.15) is 5.56 Å². The van der Waals surface area contributed by atoms with Crippen molar-refractivity contribution >= 4 is 50.4 Å². The van der Waals surface area contributed by atoms with E-state index in [1.165, 1.54) is 4.52 Å². The number of hydrogen-bond donors (Lipinski definition) is 2. The number of nitrogens with one attached hydrogen (secondary N) is 1. The summed E-state index contributed by atoms with van der Waals surface area (Å²) in [6, 6.07) is 14.0. The van der Waals surface area contributed by atoms with Crippen LogP contribution in [0.1, 0.15) is 16.8 Å². The second kappa shape index (κ2) is 8.57. The lowest BCUT2D eigenvalue weighted by atomic mass is 10.0. The van der Waals surface area contributed by atoms with Crippen LogP contribution in [0.15, 0.2) is 54.7 Å². The maximum atomic E-state index is 13.1. The lowest BCUT2D eigenvalue weighted by molar-refractivity contribution is 0.0943. The molecule has 1 atom stereocenters. The highest BCUT2D eigenvalue weighted by atomic mass is 35.5. The average Bonchev–Trinajstić information content (AvgIpc) is 3.31. The van der Waals surface area contributed by atoms with Crippen molar-refractivity contribution in [3.8, 4) is 22.4 Å². The summed E-state index contributed by atoms with van der Waals surface area (Å²) in [4.78, 5) is 17.6. The molecule has 1 aliphatic rings. The van der Waals surface area contributed by atoms with E-state index in [9.17, 15) is 13.2 Å². The molecule has 2 aromatic heterocycles. The molecule has 1 aliphatic heterocycles. The molecule has 34 heavy (non-hydrogen) atoms. The molecule has 3 heterocycles. The number of fused-ring (bicyclic) bond motifs is 1. The molecule has 0 saturated carbocycles. The summed E-state index contributed by atoms with van der Waals surface area (Å²) in [6.07, 6.45) is 1.98. The van der Waals surface area contributed by atoms with E-state index in [0.29, 0.717) is 27.7 Å². The van der Waals surface area contributed by atoms with Crippen LogP contribution in [0.4, 0.5) is 5.82 Å². The molecule has 5 rings (SSSR count). The highest BCUT2D eigenvalue weighted by molar-refractivity contribution is 7.91. The maximum Gasteiger partial charge on any atom is 0.259 e. The van der Waals surface area contributed by atoms with Crippen molar-refractivity contribution in [1.29, 1.82) is 0 Å². The molecular formula is C23H19Cl2N5O3S. The normalized spacial score (nSPS) is 17.2. The van der Waals surface area contributed by atoms with E-state index in [4.69, 9.17) is 28.9 Å². The minimum Gasteiger partial charge on any atom is -0.381 e. The number of rotatable bonds is 4. The van der Waals surface area contributed by atoms with Gasteiger partial charge in [-0.25, -0.2) is 17.9 Å². The zero-order chi connectivity index (χ0) is 24.0. The summed E-state index contributed by atoms with van der Waals surface area (Å²) in [5.74, 6) is -0.590. The number of benzene rings is 2. The van der Waals surface area contributed by atoms with E-state index in [1.807, 2.05) is 30.3 Å². The Bertz CT molecular complexity index is 1530. The van der Waals surface area contributed by atoms with Crippen LogP contribution in [0.3, 0.4) is 0 Å². The lowest BCUT2D eigenvalue weighted by Crippen LogP contribution is -2.35. The third kappa shape index (κ3) is 4.11. The number of carbonyl (C=O) groups is 1. The number of anilines is 1. The molecule has 2 aromatic carbocycles. The van der Waals surface area contributed by atoms with Crippen LogP contribution < -0.4 is 11.1 Å². The summed E-state index contributed by atoms with van der Waals surface area (Å²) >= 11 is 12.6. The Morgan fingerprint density at radius 2 is 1.82 bits per heavy atom. The average molecular weight is 516 g/mol. The zero-order valence-electron chi connectivity index (χ0n) is 17.7. The molecule has 0 aliphatic carbocycles. The number of sulfone groups is 1. The van der Waals surface area contributed by atoms with Crippen LogP contribution in [-0.2, 0) is 9.84 Å². The Morgan fingerprint density at radius 1 is 1.09 bits per heavy atom. The van der Waals surface area contributed by atoms with E-state index in [2.05, 4.69) is 15.4 Å². The highest BCUT2D eigenvalue weighted by Gasteiger charge is 2.31. The first-order valence-corrected chi connectivity index (χ1v) is 13.0. The molecular weight excluding hydrogens is 497 g/mol. The van der Waals surface area contributed by atoms with Gasteiger partial charge in [0.2, 0.25) is 0 Å². The zero-order valence-corrected chi connectivity index (χ0v) is 20.0. The third-order valence-electron chi connectivity index (χ3n) is 5.75. The van der Waals surface area contributed by atoms with E-state index in [-0.39, 0.29) is 28.5 Å². The topological polar surface area (TPSA) is 119 Å². The summed E-state index contributed by atoms with van der Waals surface area (Å²) in [5.41, 5.74) is 9.33. The van der Waals surface area contributed by atoms with E-state index >= 15 is 0 Å². The van der Waals surface area contributed by atoms with Crippen LogP contribution in [0.2, 0.25) is 10.0 Å². The Labute approximate surface area is 205 Å². The van der Waals surface area contributed by atoms with Gasteiger partial charge in [0, 0.05) is 39.0 Å². The number of aromatic nitrogens is 3. The molecule has 0 unspecified atom stereocenters. The molecule has 1 fully saturated rings. The summed E-state index contributed by atoms with van der Waals surface area (Å²) in [7, 11) is -3.15. The van der Waals surface area contributed by atoms with Crippen LogP contribution in [0.25, 0.3) is 28.0 Å². The van der Waals surface area contributed by atoms with Gasteiger partial charge in [0.25, 0.3) is 5.91 Å². The number of nitrogens with two attached hydrogens (primary N) is 1. The minimum absolute atomic E-state index is 0.0163. The fraction of sp³-hybridized carbons (Fsp3) is 0.174. The summed E-state index contributed by atoms with van der Waals surface area (Å²) in [5, 5.41) is 8.29. The van der Waals surface area contributed by atoms with Crippen molar-refractivity contribution in [2.45, 2.75) is 12.5 Å². The second-order valence-corrected chi connectivity index (χ2v) is 11.1. The van der Waals surface area contributed by atoms with Crippen LogP contribution in [0.5, 0.6) is 0 Å². The van der Waals surface area contributed by atoms with Crippen molar-refractivity contribution in [3.05, 3.63) is 70.3 Å². The Kier molecular flexibility index (Phi) is 5.71. The van der Waals surface area contributed by atoms with Gasteiger partial charge in [0.15, 0.2) is 21.3 Å². The molecule has 1 amide bonds. The third-order valence-corrected chi connectivity index (χ3v) is 8.10. The molecule has 3 N–H and O–H groups in total. The molecule has 174 valence electrons. The minimum atomic E-state index is -3.15. The van der Waals surface area contributed by atoms with E-state index in [0.717, 1.165) is 11.1 Å². The standard InChI is InChI=1S/C23H19Cl2N5O3S/c24-14-7-5-13(6-8-14)20-17(16-3-1-2-4-18(16)25)11-27-22-19(21(26)29-30(20)22)23(31)28-15-9-10-34(32,33)12-15/h1-8,11,15H,9-10,12H2,(H2,26,29)(H,28,31)/t15-/m1/s1. The van der Waals surface area contributed by atoms with Crippen molar-refractivity contribution < 1.29 is 13.2 Å². The Balaban J connectivity index is 1.68. The van der Waals surface area contributed by atoms with Gasteiger partial charge in [-0.15, -0.1) is 5.10 Å².